The van der Waals surface area contributed by atoms with E-state index in [-0.39, 0.29) is 11.7 Å². The molecular weight excluding hydrogens is 389 g/mol. The number of nitrogens with zero attached hydrogens (tertiary/aromatic N) is 4. The summed E-state index contributed by atoms with van der Waals surface area (Å²) >= 11 is 1.73. The second-order valence-corrected chi connectivity index (χ2v) is 9.14. The number of hydrazone groups is 1. The van der Waals surface area contributed by atoms with Crippen LogP contribution in [0.25, 0.3) is 0 Å². The lowest BCUT2D eigenvalue weighted by molar-refractivity contribution is 0.249. The maximum Gasteiger partial charge on any atom is 0.157 e. The van der Waals surface area contributed by atoms with E-state index in [0.29, 0.717) is 11.5 Å². The summed E-state index contributed by atoms with van der Waals surface area (Å²) in [6.45, 7) is 10.5. The number of halogens is 1. The number of thiazole rings is 1. The van der Waals surface area contributed by atoms with Crippen LogP contribution >= 0.6 is 11.3 Å². The highest BCUT2D eigenvalue weighted by molar-refractivity contribution is 7.11. The van der Waals surface area contributed by atoms with Crippen molar-refractivity contribution in [2.24, 2.45) is 22.6 Å². The summed E-state index contributed by atoms with van der Waals surface area (Å²) in [5.41, 5.74) is 10.2. The number of anilines is 1. The van der Waals surface area contributed by atoms with Crippen molar-refractivity contribution in [2.75, 3.05) is 31.1 Å². The molecular formula is C20H30FN7S. The van der Waals surface area contributed by atoms with Gasteiger partial charge in [0.15, 0.2) is 5.84 Å². The Morgan fingerprint density at radius 1 is 1.31 bits per heavy atom. The van der Waals surface area contributed by atoms with Crippen LogP contribution < -0.4 is 22.0 Å². The molecule has 1 saturated heterocycles. The quantitative estimate of drug-likeness (QED) is 0.276. The van der Waals surface area contributed by atoms with Crippen molar-refractivity contribution in [1.82, 2.24) is 15.4 Å². The smallest absolute Gasteiger partial charge is 0.157 e. The highest BCUT2D eigenvalue weighted by Crippen LogP contribution is 2.28. The molecule has 2 heterocycles. The lowest BCUT2D eigenvalue weighted by Gasteiger charge is -2.37. The van der Waals surface area contributed by atoms with E-state index >= 15 is 0 Å². The summed E-state index contributed by atoms with van der Waals surface area (Å²) in [5, 5.41) is 4.94. The van der Waals surface area contributed by atoms with E-state index in [1.165, 1.54) is 4.88 Å². The van der Waals surface area contributed by atoms with Crippen LogP contribution in [0, 0.1) is 18.7 Å². The standard InChI is InChI=1S/C20H30FN7S/c1-13(2)8-15-9-16(21)19(20(22)25-26-23)17(10-15)28-6-4-27(5-7-28)12-18-24-11-14(3)29-18/h9-11,13,26H,4-8,12,23H2,1-3H3,(H2,22,25). The number of hydrogen-bond acceptors (Lipinski definition) is 7. The Kier molecular flexibility index (Phi) is 7.05. The van der Waals surface area contributed by atoms with Crippen molar-refractivity contribution in [2.45, 2.75) is 33.7 Å². The van der Waals surface area contributed by atoms with Gasteiger partial charge < -0.3 is 10.6 Å². The average Bonchev–Trinajstić information content (AvgIpc) is 3.06. The molecule has 3 rings (SSSR count). The van der Waals surface area contributed by atoms with Gasteiger partial charge in [-0.15, -0.1) is 16.4 Å². The Labute approximate surface area is 175 Å². The van der Waals surface area contributed by atoms with Gasteiger partial charge in [0.05, 0.1) is 17.8 Å². The summed E-state index contributed by atoms with van der Waals surface area (Å²) in [4.78, 5) is 10.2. The minimum absolute atomic E-state index is 0.0526. The second-order valence-electron chi connectivity index (χ2n) is 7.82. The highest BCUT2D eigenvalue weighted by atomic mass is 32.1. The maximum absolute atomic E-state index is 15.0. The van der Waals surface area contributed by atoms with Gasteiger partial charge >= 0.3 is 0 Å². The number of rotatable bonds is 7. The monoisotopic (exact) mass is 419 g/mol. The SMILES string of the molecule is Cc1cnc(CN2CCN(c3cc(CC(C)C)cc(F)c3/C(N)=N/NN)CC2)s1. The van der Waals surface area contributed by atoms with Crippen LogP contribution in [0.2, 0.25) is 0 Å². The summed E-state index contributed by atoms with van der Waals surface area (Å²) in [6, 6.07) is 3.59. The molecule has 158 valence electrons. The van der Waals surface area contributed by atoms with Crippen LogP contribution in [0.15, 0.2) is 23.4 Å². The molecule has 0 amide bonds. The fourth-order valence-electron chi connectivity index (χ4n) is 3.68. The third kappa shape index (κ3) is 5.43. The molecule has 0 aliphatic carbocycles. The Hall–Kier alpha value is -2.23. The van der Waals surface area contributed by atoms with Crippen molar-refractivity contribution >= 4 is 22.9 Å². The lowest BCUT2D eigenvalue weighted by atomic mass is 9.98. The molecule has 1 aromatic carbocycles. The Morgan fingerprint density at radius 3 is 2.62 bits per heavy atom. The number of aryl methyl sites for hydroxylation is 1. The van der Waals surface area contributed by atoms with Gasteiger partial charge in [-0.1, -0.05) is 13.8 Å². The number of hydrogen-bond donors (Lipinski definition) is 3. The lowest BCUT2D eigenvalue weighted by Crippen LogP contribution is -2.46. The molecule has 0 bridgehead atoms. The van der Waals surface area contributed by atoms with Gasteiger partial charge in [0.2, 0.25) is 0 Å². The molecule has 1 aromatic heterocycles. The molecule has 0 radical (unpaired) electrons. The topological polar surface area (TPSA) is 95.8 Å². The molecule has 0 unspecified atom stereocenters. The number of benzene rings is 1. The van der Waals surface area contributed by atoms with E-state index < -0.39 is 0 Å². The number of piperazine rings is 1. The van der Waals surface area contributed by atoms with Crippen molar-refractivity contribution < 1.29 is 4.39 Å². The normalized spacial score (nSPS) is 15.9. The zero-order chi connectivity index (χ0) is 21.0. The second kappa shape index (κ2) is 9.51. The Balaban J connectivity index is 1.81. The number of hydrazine groups is 1. The van der Waals surface area contributed by atoms with Gasteiger partial charge in [0, 0.05) is 37.3 Å². The van der Waals surface area contributed by atoms with Gasteiger partial charge in [-0.25, -0.2) is 20.8 Å². The van der Waals surface area contributed by atoms with Crippen LogP contribution in [-0.4, -0.2) is 41.9 Å². The summed E-state index contributed by atoms with van der Waals surface area (Å²) in [7, 11) is 0. The molecule has 0 atom stereocenters. The van der Waals surface area contributed by atoms with E-state index in [4.69, 9.17) is 11.6 Å². The minimum atomic E-state index is -0.365. The third-order valence-electron chi connectivity index (χ3n) is 4.96. The maximum atomic E-state index is 15.0. The molecule has 0 spiro atoms. The first kappa shape index (κ1) is 21.5. The van der Waals surface area contributed by atoms with Crippen molar-refractivity contribution in [3.05, 3.63) is 45.2 Å². The zero-order valence-corrected chi connectivity index (χ0v) is 18.1. The molecule has 1 aliphatic rings. The summed E-state index contributed by atoms with van der Waals surface area (Å²) in [6.07, 6.45) is 2.72. The minimum Gasteiger partial charge on any atom is -0.382 e. The van der Waals surface area contributed by atoms with Crippen LogP contribution in [-0.2, 0) is 13.0 Å². The Bertz CT molecular complexity index is 857. The third-order valence-corrected chi connectivity index (χ3v) is 5.85. The summed E-state index contributed by atoms with van der Waals surface area (Å²) < 4.78 is 15.0. The fourth-order valence-corrected chi connectivity index (χ4v) is 4.51. The molecule has 9 heteroatoms. The van der Waals surface area contributed by atoms with E-state index in [1.807, 2.05) is 12.3 Å². The first-order chi connectivity index (χ1) is 13.9. The number of aromatic nitrogens is 1. The van der Waals surface area contributed by atoms with Crippen LogP contribution in [0.4, 0.5) is 10.1 Å². The molecule has 7 nitrogen and oxygen atoms in total. The average molecular weight is 420 g/mol. The van der Waals surface area contributed by atoms with Crippen molar-refractivity contribution in [1.29, 1.82) is 0 Å². The molecule has 29 heavy (non-hydrogen) atoms. The zero-order valence-electron chi connectivity index (χ0n) is 17.3. The first-order valence-corrected chi connectivity index (χ1v) is 10.7. The number of nitrogens with one attached hydrogen (secondary N) is 1. The van der Waals surface area contributed by atoms with Gasteiger partial charge in [-0.05, 0) is 37.0 Å². The first-order valence-electron chi connectivity index (χ1n) is 9.87. The Morgan fingerprint density at radius 2 is 2.03 bits per heavy atom. The number of nitrogens with two attached hydrogens (primary N) is 2. The van der Waals surface area contributed by atoms with Gasteiger partial charge in [-0.3, -0.25) is 4.90 Å². The van der Waals surface area contributed by atoms with E-state index in [0.717, 1.165) is 55.4 Å². The van der Waals surface area contributed by atoms with E-state index in [9.17, 15) is 4.39 Å². The van der Waals surface area contributed by atoms with Gasteiger partial charge in [0.1, 0.15) is 10.8 Å². The van der Waals surface area contributed by atoms with E-state index in [1.54, 1.807) is 17.4 Å². The van der Waals surface area contributed by atoms with Crippen LogP contribution in [0.3, 0.4) is 0 Å². The van der Waals surface area contributed by atoms with Gasteiger partial charge in [0.25, 0.3) is 0 Å². The molecule has 1 fully saturated rings. The van der Waals surface area contributed by atoms with Crippen LogP contribution in [0.1, 0.15) is 34.9 Å². The predicted molar refractivity (Wildman–Crippen MR) is 117 cm³/mol. The largest absolute Gasteiger partial charge is 0.382 e. The predicted octanol–water partition coefficient (Wildman–Crippen LogP) is 2.19. The molecule has 0 saturated carbocycles. The molecule has 5 N–H and O–H groups in total. The molecule has 1 aliphatic heterocycles. The van der Waals surface area contributed by atoms with Crippen LogP contribution in [0.5, 0.6) is 0 Å². The van der Waals surface area contributed by atoms with Crippen molar-refractivity contribution in [3.8, 4) is 0 Å². The van der Waals surface area contributed by atoms with Gasteiger partial charge in [-0.2, -0.15) is 0 Å². The molecule has 2 aromatic rings. The highest BCUT2D eigenvalue weighted by Gasteiger charge is 2.24. The number of amidine groups is 1. The fraction of sp³-hybridized carbons (Fsp3) is 0.500. The van der Waals surface area contributed by atoms with E-state index in [2.05, 4.69) is 46.2 Å². The van der Waals surface area contributed by atoms with Crippen molar-refractivity contribution in [3.63, 3.8) is 0 Å². The summed E-state index contributed by atoms with van der Waals surface area (Å²) in [5.74, 6) is 5.39.